The largest absolute Gasteiger partial charge is 0.507 e. The fourth-order valence-corrected chi connectivity index (χ4v) is 6.66. The normalized spacial score (nSPS) is 22.2. The molecule has 2 aromatic rings. The van der Waals surface area contributed by atoms with E-state index < -0.39 is 36.2 Å². The van der Waals surface area contributed by atoms with Crippen LogP contribution in [0.25, 0.3) is 0 Å². The number of hydrogen-bond donors (Lipinski definition) is 4. The number of carbonyl (C=O) groups is 4. The Labute approximate surface area is 304 Å². The highest BCUT2D eigenvalue weighted by molar-refractivity contribution is 6.31. The average molecular weight is 720 g/mol. The van der Waals surface area contributed by atoms with Crippen molar-refractivity contribution in [3.05, 3.63) is 88.5 Å². The lowest BCUT2D eigenvalue weighted by Gasteiger charge is -2.40. The predicted octanol–water partition coefficient (Wildman–Crippen LogP) is 5.34. The maximum absolute atomic E-state index is 13.7. The van der Waals surface area contributed by atoms with Gasteiger partial charge in [0.2, 0.25) is 5.78 Å². The van der Waals surface area contributed by atoms with Gasteiger partial charge in [0, 0.05) is 42.1 Å². The lowest BCUT2D eigenvalue weighted by atomic mass is 9.77. The van der Waals surface area contributed by atoms with Crippen molar-refractivity contribution in [1.29, 1.82) is 0 Å². The molecule has 0 saturated carbocycles. The molecule has 0 bridgehead atoms. The molecule has 0 amide bonds. The number of ether oxygens (including phenoxy) is 4. The number of aliphatic hydroxyl groups excluding tert-OH is 1. The number of carbonyl (C=O) groups excluding carboxylic acids is 4. The first-order valence-corrected chi connectivity index (χ1v) is 17.6. The second-order valence-electron chi connectivity index (χ2n) is 13.0. The number of aromatic hydroxyl groups is 2. The summed E-state index contributed by atoms with van der Waals surface area (Å²) >= 11 is 0. The summed E-state index contributed by atoms with van der Waals surface area (Å²) in [5, 5.41) is 36.9. The lowest BCUT2D eigenvalue weighted by molar-refractivity contribution is -0.244. The molecule has 5 atom stereocenters. The van der Waals surface area contributed by atoms with Crippen LogP contribution in [0.15, 0.2) is 55.2 Å². The summed E-state index contributed by atoms with van der Waals surface area (Å²) in [6.07, 6.45) is 6.49. The van der Waals surface area contributed by atoms with Gasteiger partial charge in [-0.2, -0.15) is 0 Å². The van der Waals surface area contributed by atoms with Crippen LogP contribution in [0.2, 0.25) is 0 Å². The highest BCUT2D eigenvalue weighted by Gasteiger charge is 2.43. The molecule has 1 aliphatic heterocycles. The number of Topliss-reactive ketones (excluding diaryl/α,β-unsaturated/α-hetero) is 1. The number of phenols is 2. The highest BCUT2D eigenvalue weighted by Crippen LogP contribution is 2.50. The number of fused-ring (bicyclic) bond motifs is 3. The fourth-order valence-electron chi connectivity index (χ4n) is 6.66. The van der Waals surface area contributed by atoms with Gasteiger partial charge in [-0.3, -0.25) is 19.2 Å². The van der Waals surface area contributed by atoms with E-state index >= 15 is 0 Å². The number of aliphatic hydroxyl groups is 1. The standard InChI is InChI=1S/C32H35NO8.C8H14O3/c1-5-9-17(6-2)15-33-20-14-23(40-16(3)28(20)34)41-22-13-8-11-19-25(22)32(38)27-26(30(19)36)29(35)18-10-7-12-21(39-4)24(18)31(27)37;1-3-4-5-8(10)11-6-7(2)9/h5-7,9-10,12,16,20,22-23,28,33-34,36,38H,1-2,8,11,13-15H2,3-4H3;3-6H2,1-2H3/b17-9+;/t16-,20+,22-,23?,28+;/m0./s1. The zero-order valence-corrected chi connectivity index (χ0v) is 30.2. The molecule has 1 heterocycles. The topological polar surface area (TPSA) is 178 Å². The summed E-state index contributed by atoms with van der Waals surface area (Å²) in [7, 11) is 1.40. The summed E-state index contributed by atoms with van der Waals surface area (Å²) in [4.78, 5) is 48.2. The Morgan fingerprint density at radius 1 is 1.10 bits per heavy atom. The predicted molar refractivity (Wildman–Crippen MR) is 193 cm³/mol. The van der Waals surface area contributed by atoms with Gasteiger partial charge in [-0.15, -0.1) is 0 Å². The van der Waals surface area contributed by atoms with Crippen LogP contribution in [0, 0.1) is 0 Å². The molecule has 0 aromatic heterocycles. The van der Waals surface area contributed by atoms with Gasteiger partial charge in [0.1, 0.15) is 23.9 Å². The lowest BCUT2D eigenvalue weighted by Crippen LogP contribution is -2.54. The molecule has 1 saturated heterocycles. The van der Waals surface area contributed by atoms with Gasteiger partial charge in [-0.25, -0.2) is 0 Å². The second-order valence-corrected chi connectivity index (χ2v) is 13.0. The smallest absolute Gasteiger partial charge is 0.306 e. The Kier molecular flexibility index (Phi) is 14.1. The van der Waals surface area contributed by atoms with Crippen molar-refractivity contribution in [1.82, 2.24) is 5.32 Å². The van der Waals surface area contributed by atoms with E-state index in [9.17, 15) is 34.5 Å². The number of phenolic OH excluding ortho intramolecular Hbond substituents is 2. The molecule has 3 aliphatic rings. The van der Waals surface area contributed by atoms with Crippen LogP contribution in [-0.2, 0) is 30.2 Å². The second kappa shape index (κ2) is 18.2. The number of ketones is 3. The molecule has 2 aliphatic carbocycles. The summed E-state index contributed by atoms with van der Waals surface area (Å²) in [5.74, 6) is -2.03. The Morgan fingerprint density at radius 2 is 1.83 bits per heavy atom. The van der Waals surface area contributed by atoms with E-state index in [1.165, 1.54) is 20.1 Å². The van der Waals surface area contributed by atoms with E-state index in [0.29, 0.717) is 44.2 Å². The number of esters is 1. The van der Waals surface area contributed by atoms with Crippen molar-refractivity contribution in [3.8, 4) is 17.2 Å². The zero-order chi connectivity index (χ0) is 38.1. The zero-order valence-electron chi connectivity index (χ0n) is 30.2. The summed E-state index contributed by atoms with van der Waals surface area (Å²) in [6, 6.07) is 4.33. The molecular weight excluding hydrogens is 670 g/mol. The molecule has 52 heavy (non-hydrogen) atoms. The number of allylic oxidation sites excluding steroid dienone is 2. The van der Waals surface area contributed by atoms with Crippen LogP contribution in [0.5, 0.6) is 17.2 Å². The fraction of sp³-hybridized carbons (Fsp3) is 0.450. The third-order valence-corrected chi connectivity index (χ3v) is 9.33. The van der Waals surface area contributed by atoms with Gasteiger partial charge in [0.25, 0.3) is 0 Å². The number of unbranched alkanes of at least 4 members (excludes halogenated alkanes) is 1. The molecular formula is C40H49NO11. The molecule has 0 radical (unpaired) electrons. The number of nitrogens with one attached hydrogen (secondary N) is 1. The monoisotopic (exact) mass is 719 g/mol. The van der Waals surface area contributed by atoms with Crippen LogP contribution in [0.3, 0.4) is 0 Å². The molecule has 1 fully saturated rings. The van der Waals surface area contributed by atoms with Crippen LogP contribution in [-0.4, -0.2) is 83.4 Å². The van der Waals surface area contributed by atoms with Gasteiger partial charge < -0.3 is 39.6 Å². The summed E-state index contributed by atoms with van der Waals surface area (Å²) < 4.78 is 22.3. The van der Waals surface area contributed by atoms with Crippen molar-refractivity contribution in [2.45, 2.75) is 96.4 Å². The maximum atomic E-state index is 13.7. The SMILES string of the molecule is C=C/C=C(\C=C)CN[C@@H]1CC(O[C@H]2CCCc3c(O)c4c(c(O)c32)C(=O)c2c(OC)cccc2C4=O)O[C@@H](C)[C@H]1O.CCCCC(=O)OCC(C)=O. The minimum Gasteiger partial charge on any atom is -0.507 e. The van der Waals surface area contributed by atoms with Crippen LogP contribution < -0.4 is 10.1 Å². The summed E-state index contributed by atoms with van der Waals surface area (Å²) in [5.41, 5.74) is 1.28. The molecule has 12 heteroatoms. The molecule has 0 spiro atoms. The number of methoxy groups -OCH3 is 1. The quantitative estimate of drug-likeness (QED) is 0.102. The molecule has 5 rings (SSSR count). The third kappa shape index (κ3) is 8.87. The van der Waals surface area contributed by atoms with E-state index in [1.54, 1.807) is 31.2 Å². The van der Waals surface area contributed by atoms with Crippen molar-refractivity contribution in [2.24, 2.45) is 0 Å². The van der Waals surface area contributed by atoms with Crippen LogP contribution in [0.1, 0.15) is 108 Å². The molecule has 12 nitrogen and oxygen atoms in total. The first kappa shape index (κ1) is 40.2. The number of rotatable bonds is 13. The van der Waals surface area contributed by atoms with Gasteiger partial charge in [0.15, 0.2) is 17.9 Å². The third-order valence-electron chi connectivity index (χ3n) is 9.33. The Hall–Kier alpha value is -4.62. The first-order valence-electron chi connectivity index (χ1n) is 17.6. The van der Waals surface area contributed by atoms with E-state index in [0.717, 1.165) is 18.4 Å². The van der Waals surface area contributed by atoms with E-state index in [2.05, 4.69) is 23.2 Å². The van der Waals surface area contributed by atoms with Gasteiger partial charge in [0.05, 0.1) is 42.1 Å². The van der Waals surface area contributed by atoms with E-state index in [-0.39, 0.29) is 69.5 Å². The minimum absolute atomic E-state index is 0.0483. The van der Waals surface area contributed by atoms with E-state index in [1.807, 2.05) is 13.0 Å². The minimum atomic E-state index is -0.786. The number of benzene rings is 2. The highest BCUT2D eigenvalue weighted by atomic mass is 16.7. The van der Waals surface area contributed by atoms with Gasteiger partial charge >= 0.3 is 5.97 Å². The van der Waals surface area contributed by atoms with Crippen LogP contribution >= 0.6 is 0 Å². The van der Waals surface area contributed by atoms with Gasteiger partial charge in [-0.05, 0) is 51.2 Å². The molecule has 1 unspecified atom stereocenters. The molecule has 2 aromatic carbocycles. The number of hydrogen-bond acceptors (Lipinski definition) is 12. The average Bonchev–Trinajstić information content (AvgIpc) is 3.13. The van der Waals surface area contributed by atoms with Crippen molar-refractivity contribution >= 4 is 23.3 Å². The van der Waals surface area contributed by atoms with Gasteiger partial charge in [-0.1, -0.05) is 56.9 Å². The first-order chi connectivity index (χ1) is 24.9. The molecule has 280 valence electrons. The Balaban J connectivity index is 0.000000477. The van der Waals surface area contributed by atoms with E-state index in [4.69, 9.17) is 14.2 Å². The van der Waals surface area contributed by atoms with Crippen molar-refractivity contribution < 1.29 is 53.4 Å². The van der Waals surface area contributed by atoms with Crippen LogP contribution in [0.4, 0.5) is 0 Å². The molecule has 4 N–H and O–H groups in total. The van der Waals surface area contributed by atoms with Crippen molar-refractivity contribution in [3.63, 3.8) is 0 Å². The maximum Gasteiger partial charge on any atom is 0.306 e. The van der Waals surface area contributed by atoms with Crippen molar-refractivity contribution in [2.75, 3.05) is 20.3 Å². The summed E-state index contributed by atoms with van der Waals surface area (Å²) in [6.45, 7) is 13.0. The Bertz CT molecular complexity index is 1730. The Morgan fingerprint density at radius 3 is 2.48 bits per heavy atom.